The van der Waals surface area contributed by atoms with Gasteiger partial charge in [0, 0.05) is 43.1 Å². The lowest BCUT2D eigenvalue weighted by molar-refractivity contribution is -0.219. The summed E-state index contributed by atoms with van der Waals surface area (Å²) < 4.78 is 114. The molecule has 0 spiro atoms. The zero-order valence-corrected chi connectivity index (χ0v) is 28.7. The Morgan fingerprint density at radius 2 is 1.83 bits per heavy atom. The van der Waals surface area contributed by atoms with Crippen LogP contribution in [0.3, 0.4) is 0 Å². The van der Waals surface area contributed by atoms with E-state index in [0.29, 0.717) is 12.8 Å². The van der Waals surface area contributed by atoms with Crippen molar-refractivity contribution in [3.63, 3.8) is 0 Å². The van der Waals surface area contributed by atoms with Gasteiger partial charge in [0.2, 0.25) is 5.88 Å². The number of aliphatic carboxylic acids is 1. The van der Waals surface area contributed by atoms with Gasteiger partial charge in [0.25, 0.3) is 15.9 Å². The SMILES string of the molecule is CC(C)(COc1ccn(-c2ncc3nc2-c2ccccc2C(F)(F)COCCCN(CC2(C(=O)O)CC2)c2cccc(n2)S(=O)(=O)N3)n1)C(F)(F)F. The molecule has 4 bridgehead atoms. The van der Waals surface area contributed by atoms with Gasteiger partial charge in [-0.3, -0.25) is 9.52 Å². The highest BCUT2D eigenvalue weighted by atomic mass is 32.2. The molecule has 52 heavy (non-hydrogen) atoms. The summed E-state index contributed by atoms with van der Waals surface area (Å²) in [5.74, 6) is -5.20. The van der Waals surface area contributed by atoms with Crippen LogP contribution in [0.2, 0.25) is 0 Å². The second-order valence-corrected chi connectivity index (χ2v) is 14.9. The van der Waals surface area contributed by atoms with Crippen molar-refractivity contribution in [2.75, 3.05) is 42.5 Å². The molecule has 1 aromatic carbocycles. The van der Waals surface area contributed by atoms with Gasteiger partial charge >= 0.3 is 12.1 Å². The molecule has 0 atom stereocenters. The fourth-order valence-electron chi connectivity index (χ4n) is 5.41. The summed E-state index contributed by atoms with van der Waals surface area (Å²) in [6.07, 6.45) is -1.25. The van der Waals surface area contributed by atoms with E-state index in [9.17, 15) is 31.5 Å². The Labute approximate surface area is 294 Å². The number of rotatable bonds is 7. The standard InChI is InChI=1S/C33H34F5N7O6S/c1-30(2,33(36,37)38)19-51-25-11-15-45(42-25)28-27-21-7-3-4-8-22(21)32(34,35)20-50-16-6-14-44(18-31(12-13-31)29(46)47)24-9-5-10-26(41-24)52(48,49)43-23(40-27)17-39-28/h3-5,7-11,15,17H,6,12-14,16,18-20H2,1-2H3,(H,40,43)(H,46,47). The Kier molecular flexibility index (Phi) is 9.62. The molecule has 1 saturated carbocycles. The largest absolute Gasteiger partial charge is 0.481 e. The monoisotopic (exact) mass is 751 g/mol. The molecule has 4 heterocycles. The van der Waals surface area contributed by atoms with Gasteiger partial charge < -0.3 is 19.5 Å². The summed E-state index contributed by atoms with van der Waals surface area (Å²) in [6, 6.07) is 10.8. The van der Waals surface area contributed by atoms with Crippen LogP contribution < -0.4 is 14.4 Å². The molecule has 4 aromatic rings. The molecule has 6 rings (SSSR count). The van der Waals surface area contributed by atoms with E-state index in [1.807, 2.05) is 0 Å². The van der Waals surface area contributed by atoms with Crippen molar-refractivity contribution in [2.24, 2.45) is 10.8 Å². The third kappa shape index (κ3) is 7.64. The number of benzene rings is 1. The minimum Gasteiger partial charge on any atom is -0.481 e. The average Bonchev–Trinajstić information content (AvgIpc) is 3.73. The van der Waals surface area contributed by atoms with Crippen LogP contribution in [0.1, 0.15) is 38.7 Å². The van der Waals surface area contributed by atoms with Gasteiger partial charge in [-0.1, -0.05) is 30.3 Å². The first kappa shape index (κ1) is 36.9. The number of aromatic nitrogens is 5. The number of ether oxygens (including phenoxy) is 2. The lowest BCUT2D eigenvalue weighted by Gasteiger charge is -2.27. The zero-order chi connectivity index (χ0) is 37.5. The van der Waals surface area contributed by atoms with Crippen molar-refractivity contribution in [1.82, 2.24) is 24.7 Å². The minimum absolute atomic E-state index is 0.0202. The molecule has 13 nitrogen and oxygen atoms in total. The van der Waals surface area contributed by atoms with E-state index >= 15 is 8.78 Å². The number of carboxylic acid groups (broad SMARTS) is 1. The van der Waals surface area contributed by atoms with E-state index < -0.39 is 62.7 Å². The highest BCUT2D eigenvalue weighted by Crippen LogP contribution is 2.47. The number of fused-ring (bicyclic) bond motifs is 6. The Bertz CT molecular complexity index is 2070. The van der Waals surface area contributed by atoms with Crippen LogP contribution >= 0.6 is 0 Å². The molecule has 3 aromatic heterocycles. The van der Waals surface area contributed by atoms with Gasteiger partial charge in [0.05, 0.1) is 17.0 Å². The molecule has 2 N–H and O–H groups in total. The van der Waals surface area contributed by atoms with E-state index in [1.165, 1.54) is 48.7 Å². The molecule has 1 aliphatic carbocycles. The Morgan fingerprint density at radius 3 is 2.54 bits per heavy atom. The van der Waals surface area contributed by atoms with Gasteiger partial charge in [0.15, 0.2) is 16.7 Å². The lowest BCUT2D eigenvalue weighted by atomic mass is 9.94. The van der Waals surface area contributed by atoms with Crippen molar-refractivity contribution in [1.29, 1.82) is 0 Å². The number of nitrogens with zero attached hydrogens (tertiary/aromatic N) is 6. The number of sulfonamides is 1. The third-order valence-corrected chi connectivity index (χ3v) is 10.1. The molecule has 0 saturated heterocycles. The summed E-state index contributed by atoms with van der Waals surface area (Å²) in [7, 11) is -4.48. The van der Waals surface area contributed by atoms with E-state index in [-0.39, 0.29) is 60.7 Å². The van der Waals surface area contributed by atoms with E-state index in [2.05, 4.69) is 24.8 Å². The highest BCUT2D eigenvalue weighted by molar-refractivity contribution is 7.92. The van der Waals surface area contributed by atoms with Crippen LogP contribution in [0, 0.1) is 10.8 Å². The number of carboxylic acids is 1. The molecule has 278 valence electrons. The number of halogens is 5. The second-order valence-electron chi connectivity index (χ2n) is 13.3. The normalized spacial score (nSPS) is 18.4. The number of carbonyl (C=O) groups is 1. The number of hydrogen-bond acceptors (Lipinski definition) is 10. The fraction of sp³-hybridized carbons (Fsp3) is 0.424. The maximum atomic E-state index is 15.9. The number of pyridine rings is 1. The van der Waals surface area contributed by atoms with Crippen LogP contribution in [-0.4, -0.2) is 83.3 Å². The molecule has 0 unspecified atom stereocenters. The van der Waals surface area contributed by atoms with Crippen molar-refractivity contribution >= 4 is 27.6 Å². The molecule has 19 heteroatoms. The summed E-state index contributed by atoms with van der Waals surface area (Å²) >= 11 is 0. The summed E-state index contributed by atoms with van der Waals surface area (Å²) in [5.41, 5.74) is -4.19. The number of anilines is 2. The summed E-state index contributed by atoms with van der Waals surface area (Å²) in [6.45, 7) is 0.129. The first-order chi connectivity index (χ1) is 24.4. The minimum atomic E-state index is -4.57. The highest BCUT2D eigenvalue weighted by Gasteiger charge is 2.51. The smallest absolute Gasteiger partial charge is 0.397 e. The molecule has 2 aliphatic rings. The van der Waals surface area contributed by atoms with Crippen LogP contribution in [0.4, 0.5) is 33.6 Å². The molecular weight excluding hydrogens is 717 g/mol. The van der Waals surface area contributed by atoms with E-state index in [4.69, 9.17) is 9.47 Å². The molecular formula is C33H34F5N7O6S. The maximum absolute atomic E-state index is 15.9. The topological polar surface area (TPSA) is 162 Å². The second kappa shape index (κ2) is 13.6. The molecule has 0 radical (unpaired) electrons. The molecule has 1 fully saturated rings. The van der Waals surface area contributed by atoms with Crippen molar-refractivity contribution < 1.29 is 49.7 Å². The molecule has 0 amide bonds. The average molecular weight is 752 g/mol. The van der Waals surface area contributed by atoms with Crippen molar-refractivity contribution in [3.8, 4) is 23.0 Å². The third-order valence-electron chi connectivity index (χ3n) is 8.81. The van der Waals surface area contributed by atoms with Crippen molar-refractivity contribution in [2.45, 2.75) is 50.2 Å². The predicted octanol–water partition coefficient (Wildman–Crippen LogP) is 5.68. The van der Waals surface area contributed by atoms with Crippen LogP contribution in [0.15, 0.2) is 66.0 Å². The van der Waals surface area contributed by atoms with Gasteiger partial charge in [-0.15, -0.1) is 5.10 Å². The predicted molar refractivity (Wildman–Crippen MR) is 176 cm³/mol. The lowest BCUT2D eigenvalue weighted by Crippen LogP contribution is -2.37. The van der Waals surface area contributed by atoms with E-state index in [0.717, 1.165) is 30.8 Å². The fourth-order valence-corrected chi connectivity index (χ4v) is 6.36. The van der Waals surface area contributed by atoms with Crippen LogP contribution in [-0.2, 0) is 25.5 Å². The molecule has 1 aliphatic heterocycles. The number of alkyl halides is 5. The Balaban J connectivity index is 1.41. The summed E-state index contributed by atoms with van der Waals surface area (Å²) in [4.78, 5) is 26.6. The van der Waals surface area contributed by atoms with Gasteiger partial charge in [0.1, 0.15) is 24.7 Å². The number of hydrogen-bond donors (Lipinski definition) is 2. The van der Waals surface area contributed by atoms with Gasteiger partial charge in [-0.2, -0.15) is 30.4 Å². The quantitative estimate of drug-likeness (QED) is 0.224. The van der Waals surface area contributed by atoms with Gasteiger partial charge in [-0.25, -0.2) is 19.6 Å². The zero-order valence-electron chi connectivity index (χ0n) is 27.9. The first-order valence-electron chi connectivity index (χ1n) is 16.1. The van der Waals surface area contributed by atoms with Crippen LogP contribution in [0.25, 0.3) is 17.1 Å². The first-order valence-corrected chi connectivity index (χ1v) is 17.6. The van der Waals surface area contributed by atoms with Crippen molar-refractivity contribution in [3.05, 3.63) is 66.5 Å². The Morgan fingerprint density at radius 1 is 1.08 bits per heavy atom. The maximum Gasteiger partial charge on any atom is 0.397 e. The summed E-state index contributed by atoms with van der Waals surface area (Å²) in [5, 5.41) is 13.5. The van der Waals surface area contributed by atoms with Gasteiger partial charge in [-0.05, 0) is 45.2 Å². The Hall–Kier alpha value is -4.91. The van der Waals surface area contributed by atoms with E-state index in [1.54, 1.807) is 4.90 Å². The van der Waals surface area contributed by atoms with Crippen LogP contribution in [0.5, 0.6) is 5.88 Å². The number of nitrogens with one attached hydrogen (secondary N) is 1.